The van der Waals surface area contributed by atoms with E-state index >= 15 is 0 Å². The summed E-state index contributed by atoms with van der Waals surface area (Å²) in [6, 6.07) is 4.73. The lowest BCUT2D eigenvalue weighted by Crippen LogP contribution is -2.41. The van der Waals surface area contributed by atoms with Crippen molar-refractivity contribution < 1.29 is 19.4 Å². The standard InChI is InChI=1S/C14H21NO4/c1-9(2)12(8-16)15-14(17)11-7-10(18-3)5-6-13(11)19-4/h5-7,9,12,16H,8H2,1-4H3,(H,15,17)/t12-/m1/s1. The lowest BCUT2D eigenvalue weighted by Gasteiger charge is -2.20. The molecule has 2 N–H and O–H groups in total. The molecule has 5 nitrogen and oxygen atoms in total. The van der Waals surface area contributed by atoms with Crippen LogP contribution in [0.5, 0.6) is 11.5 Å². The van der Waals surface area contributed by atoms with Crippen LogP contribution in [0.25, 0.3) is 0 Å². The van der Waals surface area contributed by atoms with Gasteiger partial charge in [0, 0.05) is 0 Å². The average molecular weight is 267 g/mol. The van der Waals surface area contributed by atoms with Gasteiger partial charge in [0.2, 0.25) is 0 Å². The number of hydrogen-bond acceptors (Lipinski definition) is 4. The summed E-state index contributed by atoms with van der Waals surface area (Å²) in [4.78, 5) is 12.2. The molecule has 1 atom stereocenters. The molecule has 0 spiro atoms. The molecule has 0 saturated heterocycles. The molecular formula is C14H21NO4. The van der Waals surface area contributed by atoms with E-state index in [1.807, 2.05) is 13.8 Å². The number of aliphatic hydroxyl groups excluding tert-OH is 1. The number of rotatable bonds is 6. The summed E-state index contributed by atoms with van der Waals surface area (Å²) in [7, 11) is 3.04. The first-order valence-electron chi connectivity index (χ1n) is 6.17. The number of carbonyl (C=O) groups excluding carboxylic acids is 1. The number of carbonyl (C=O) groups is 1. The quantitative estimate of drug-likeness (QED) is 0.818. The maximum Gasteiger partial charge on any atom is 0.255 e. The third kappa shape index (κ3) is 3.86. The number of ether oxygens (including phenoxy) is 2. The zero-order valence-electron chi connectivity index (χ0n) is 11.8. The summed E-state index contributed by atoms with van der Waals surface area (Å²) < 4.78 is 10.3. The van der Waals surface area contributed by atoms with Gasteiger partial charge < -0.3 is 19.9 Å². The fraction of sp³-hybridized carbons (Fsp3) is 0.500. The van der Waals surface area contributed by atoms with Gasteiger partial charge in [0.15, 0.2) is 0 Å². The van der Waals surface area contributed by atoms with Crippen molar-refractivity contribution in [2.75, 3.05) is 20.8 Å². The third-order valence-electron chi connectivity index (χ3n) is 2.97. The summed E-state index contributed by atoms with van der Waals surface area (Å²) in [6.45, 7) is 3.77. The normalized spacial score (nSPS) is 12.1. The Hall–Kier alpha value is -1.75. The maximum absolute atomic E-state index is 12.2. The zero-order valence-corrected chi connectivity index (χ0v) is 11.8. The minimum absolute atomic E-state index is 0.101. The molecule has 0 fully saturated rings. The van der Waals surface area contributed by atoms with Crippen molar-refractivity contribution in [3.05, 3.63) is 23.8 Å². The fourth-order valence-electron chi connectivity index (χ4n) is 1.66. The van der Waals surface area contributed by atoms with E-state index in [-0.39, 0.29) is 24.5 Å². The van der Waals surface area contributed by atoms with Crippen molar-refractivity contribution in [3.8, 4) is 11.5 Å². The van der Waals surface area contributed by atoms with Crippen LogP contribution in [0.3, 0.4) is 0 Å². The van der Waals surface area contributed by atoms with Crippen molar-refractivity contribution in [2.24, 2.45) is 5.92 Å². The molecule has 0 unspecified atom stereocenters. The molecule has 0 aliphatic carbocycles. The molecule has 1 aromatic rings. The van der Waals surface area contributed by atoms with Gasteiger partial charge in [-0.15, -0.1) is 0 Å². The molecule has 5 heteroatoms. The van der Waals surface area contributed by atoms with Crippen LogP contribution >= 0.6 is 0 Å². The topological polar surface area (TPSA) is 67.8 Å². The molecule has 1 rings (SSSR count). The summed E-state index contributed by atoms with van der Waals surface area (Å²) >= 11 is 0. The minimum atomic E-state index is -0.289. The maximum atomic E-state index is 12.2. The van der Waals surface area contributed by atoms with Gasteiger partial charge in [-0.2, -0.15) is 0 Å². The van der Waals surface area contributed by atoms with E-state index in [1.54, 1.807) is 18.2 Å². The SMILES string of the molecule is COc1ccc(OC)c(C(=O)N[C@H](CO)C(C)C)c1. The van der Waals surface area contributed by atoms with Crippen LogP contribution in [-0.4, -0.2) is 37.9 Å². The Morgan fingerprint density at radius 3 is 2.47 bits per heavy atom. The first kappa shape index (κ1) is 15.3. The number of aliphatic hydroxyl groups is 1. The lowest BCUT2D eigenvalue weighted by molar-refractivity contribution is 0.0893. The first-order chi connectivity index (χ1) is 9.03. The smallest absolute Gasteiger partial charge is 0.255 e. The largest absolute Gasteiger partial charge is 0.497 e. The zero-order chi connectivity index (χ0) is 14.4. The lowest BCUT2D eigenvalue weighted by atomic mass is 10.0. The molecule has 0 aliphatic heterocycles. The highest BCUT2D eigenvalue weighted by atomic mass is 16.5. The summed E-state index contributed by atoms with van der Waals surface area (Å²) in [6.07, 6.45) is 0. The average Bonchev–Trinajstić information content (AvgIpc) is 2.43. The highest BCUT2D eigenvalue weighted by molar-refractivity contribution is 5.97. The van der Waals surface area contributed by atoms with E-state index in [0.29, 0.717) is 17.1 Å². The molecule has 1 aromatic carbocycles. The van der Waals surface area contributed by atoms with E-state index in [1.165, 1.54) is 14.2 Å². The molecule has 19 heavy (non-hydrogen) atoms. The number of nitrogens with one attached hydrogen (secondary N) is 1. The number of benzene rings is 1. The van der Waals surface area contributed by atoms with Gasteiger partial charge in [-0.1, -0.05) is 13.8 Å². The highest BCUT2D eigenvalue weighted by Gasteiger charge is 2.19. The van der Waals surface area contributed by atoms with Crippen LogP contribution in [0.1, 0.15) is 24.2 Å². The Labute approximate surface area is 113 Å². The van der Waals surface area contributed by atoms with Crippen molar-refractivity contribution in [2.45, 2.75) is 19.9 Å². The molecule has 0 aliphatic rings. The van der Waals surface area contributed by atoms with Crippen LogP contribution in [-0.2, 0) is 0 Å². The number of amides is 1. The molecule has 0 saturated carbocycles. The van der Waals surface area contributed by atoms with E-state index < -0.39 is 0 Å². The first-order valence-corrected chi connectivity index (χ1v) is 6.17. The van der Waals surface area contributed by atoms with Crippen molar-refractivity contribution >= 4 is 5.91 Å². The van der Waals surface area contributed by atoms with Crippen molar-refractivity contribution in [1.82, 2.24) is 5.32 Å². The molecular weight excluding hydrogens is 246 g/mol. The second-order valence-corrected chi connectivity index (χ2v) is 4.57. The molecule has 0 radical (unpaired) electrons. The Kier molecular flexibility index (Phi) is 5.63. The Balaban J connectivity index is 2.97. The van der Waals surface area contributed by atoms with Crippen molar-refractivity contribution in [1.29, 1.82) is 0 Å². The van der Waals surface area contributed by atoms with Gasteiger partial charge in [-0.3, -0.25) is 4.79 Å². The number of hydrogen-bond donors (Lipinski definition) is 2. The second-order valence-electron chi connectivity index (χ2n) is 4.57. The molecule has 0 heterocycles. The van der Waals surface area contributed by atoms with E-state index in [9.17, 15) is 9.90 Å². The van der Waals surface area contributed by atoms with Gasteiger partial charge in [0.25, 0.3) is 5.91 Å². The fourth-order valence-corrected chi connectivity index (χ4v) is 1.66. The summed E-state index contributed by atoms with van der Waals surface area (Å²) in [5.41, 5.74) is 0.390. The summed E-state index contributed by atoms with van der Waals surface area (Å²) in [5, 5.41) is 12.0. The van der Waals surface area contributed by atoms with Crippen molar-refractivity contribution in [3.63, 3.8) is 0 Å². The van der Waals surface area contributed by atoms with Gasteiger partial charge in [0.05, 0.1) is 32.4 Å². The number of methoxy groups -OCH3 is 2. The van der Waals surface area contributed by atoms with E-state index in [0.717, 1.165) is 0 Å². The van der Waals surface area contributed by atoms with Crippen LogP contribution in [0, 0.1) is 5.92 Å². The van der Waals surface area contributed by atoms with Crippen LogP contribution < -0.4 is 14.8 Å². The molecule has 106 valence electrons. The van der Waals surface area contributed by atoms with Crippen LogP contribution in [0.4, 0.5) is 0 Å². The van der Waals surface area contributed by atoms with E-state index in [2.05, 4.69) is 5.32 Å². The Morgan fingerprint density at radius 2 is 2.00 bits per heavy atom. The summed E-state index contributed by atoms with van der Waals surface area (Å²) in [5.74, 6) is 0.906. The van der Waals surface area contributed by atoms with Crippen LogP contribution in [0.2, 0.25) is 0 Å². The van der Waals surface area contributed by atoms with E-state index in [4.69, 9.17) is 9.47 Å². The molecule has 1 amide bonds. The van der Waals surface area contributed by atoms with Gasteiger partial charge in [-0.25, -0.2) is 0 Å². The third-order valence-corrected chi connectivity index (χ3v) is 2.97. The minimum Gasteiger partial charge on any atom is -0.497 e. The Morgan fingerprint density at radius 1 is 1.32 bits per heavy atom. The molecule has 0 bridgehead atoms. The van der Waals surface area contributed by atoms with Gasteiger partial charge in [-0.05, 0) is 24.1 Å². The van der Waals surface area contributed by atoms with Crippen LogP contribution in [0.15, 0.2) is 18.2 Å². The van der Waals surface area contributed by atoms with Gasteiger partial charge >= 0.3 is 0 Å². The second kappa shape index (κ2) is 6.99. The predicted octanol–water partition coefficient (Wildman–Crippen LogP) is 1.45. The highest BCUT2D eigenvalue weighted by Crippen LogP contribution is 2.24. The van der Waals surface area contributed by atoms with Gasteiger partial charge in [0.1, 0.15) is 11.5 Å². The Bertz CT molecular complexity index is 431. The molecule has 0 aromatic heterocycles. The monoisotopic (exact) mass is 267 g/mol. The predicted molar refractivity (Wildman–Crippen MR) is 72.7 cm³/mol.